The van der Waals surface area contributed by atoms with E-state index in [-0.39, 0.29) is 6.04 Å². The van der Waals surface area contributed by atoms with E-state index in [0.717, 1.165) is 15.8 Å². The third-order valence-electron chi connectivity index (χ3n) is 2.36. The fourth-order valence-corrected chi connectivity index (χ4v) is 2.51. The second kappa shape index (κ2) is 6.17. The van der Waals surface area contributed by atoms with Crippen molar-refractivity contribution in [3.63, 3.8) is 0 Å². The highest BCUT2D eigenvalue weighted by atomic mass is 35.5. The lowest BCUT2D eigenvalue weighted by Gasteiger charge is -2.05. The molecular formula is C11H15ClN4OS. The lowest BCUT2D eigenvalue weighted by molar-refractivity contribution is 0.429. The van der Waals surface area contributed by atoms with Crippen molar-refractivity contribution < 1.29 is 4.42 Å². The van der Waals surface area contributed by atoms with Gasteiger partial charge in [-0.1, -0.05) is 23.6 Å². The average Bonchev–Trinajstić information content (AvgIpc) is 2.95. The van der Waals surface area contributed by atoms with Crippen LogP contribution in [-0.4, -0.2) is 16.7 Å². The first-order valence-electron chi connectivity index (χ1n) is 5.74. The Morgan fingerprint density at radius 1 is 1.44 bits per heavy atom. The summed E-state index contributed by atoms with van der Waals surface area (Å²) >= 11 is 7.38. The summed E-state index contributed by atoms with van der Waals surface area (Å²) in [6.07, 6.45) is 0. The van der Waals surface area contributed by atoms with Crippen LogP contribution in [0.15, 0.2) is 16.5 Å². The van der Waals surface area contributed by atoms with Crippen molar-refractivity contribution in [1.29, 1.82) is 0 Å². The Kier molecular flexibility index (Phi) is 4.57. The highest BCUT2D eigenvalue weighted by Crippen LogP contribution is 2.22. The van der Waals surface area contributed by atoms with Gasteiger partial charge in [0.2, 0.25) is 5.89 Å². The molecule has 2 aromatic rings. The van der Waals surface area contributed by atoms with Gasteiger partial charge in [-0.3, -0.25) is 0 Å². The van der Waals surface area contributed by atoms with Crippen LogP contribution in [0.2, 0.25) is 4.34 Å². The third-order valence-corrected chi connectivity index (χ3v) is 3.60. The maximum Gasteiger partial charge on any atom is 0.315 e. The molecule has 0 saturated heterocycles. The Bertz CT molecular complexity index is 499. The van der Waals surface area contributed by atoms with Crippen molar-refractivity contribution in [3.05, 3.63) is 27.2 Å². The number of nitrogens with one attached hydrogen (secondary N) is 2. The van der Waals surface area contributed by atoms with E-state index in [9.17, 15) is 0 Å². The SMILES string of the molecule is CCNC(C)c1nnc(NCc2ccc(Cl)s2)o1. The number of rotatable bonds is 6. The van der Waals surface area contributed by atoms with Crippen molar-refractivity contribution in [2.24, 2.45) is 0 Å². The Morgan fingerprint density at radius 2 is 2.28 bits per heavy atom. The largest absolute Gasteiger partial charge is 0.406 e. The van der Waals surface area contributed by atoms with Crippen LogP contribution in [0.1, 0.15) is 30.7 Å². The molecule has 0 saturated carbocycles. The topological polar surface area (TPSA) is 63.0 Å². The second-order valence-electron chi connectivity index (χ2n) is 3.78. The molecule has 18 heavy (non-hydrogen) atoms. The van der Waals surface area contributed by atoms with E-state index >= 15 is 0 Å². The van der Waals surface area contributed by atoms with Gasteiger partial charge in [0.05, 0.1) is 16.9 Å². The van der Waals surface area contributed by atoms with E-state index in [1.165, 1.54) is 11.3 Å². The van der Waals surface area contributed by atoms with Crippen molar-refractivity contribution in [1.82, 2.24) is 15.5 Å². The van der Waals surface area contributed by atoms with E-state index in [1.807, 2.05) is 26.0 Å². The fourth-order valence-electron chi connectivity index (χ4n) is 1.48. The average molecular weight is 287 g/mol. The van der Waals surface area contributed by atoms with Crippen LogP contribution in [0, 0.1) is 0 Å². The first-order valence-corrected chi connectivity index (χ1v) is 6.93. The quantitative estimate of drug-likeness (QED) is 0.854. The summed E-state index contributed by atoms with van der Waals surface area (Å²) in [5, 5.41) is 14.2. The van der Waals surface area contributed by atoms with Gasteiger partial charge in [-0.15, -0.1) is 16.4 Å². The normalized spacial score (nSPS) is 12.6. The van der Waals surface area contributed by atoms with E-state index < -0.39 is 0 Å². The van der Waals surface area contributed by atoms with Gasteiger partial charge in [0.25, 0.3) is 0 Å². The molecule has 0 bridgehead atoms. The molecule has 1 atom stereocenters. The number of hydrogen-bond acceptors (Lipinski definition) is 6. The standard InChI is InChI=1S/C11H15ClN4OS/c1-3-13-7(2)10-15-16-11(17-10)14-6-8-4-5-9(12)18-8/h4-5,7,13H,3,6H2,1-2H3,(H,14,16). The highest BCUT2D eigenvalue weighted by molar-refractivity contribution is 7.16. The molecule has 98 valence electrons. The molecule has 2 rings (SSSR count). The molecule has 2 heterocycles. The van der Waals surface area contributed by atoms with Crippen molar-refractivity contribution in [2.75, 3.05) is 11.9 Å². The molecule has 0 aromatic carbocycles. The number of halogens is 1. The van der Waals surface area contributed by atoms with Crippen molar-refractivity contribution in [3.8, 4) is 0 Å². The molecule has 0 aliphatic rings. The van der Waals surface area contributed by atoms with Crippen LogP contribution in [0.3, 0.4) is 0 Å². The van der Waals surface area contributed by atoms with Crippen molar-refractivity contribution >= 4 is 29.0 Å². The summed E-state index contributed by atoms with van der Waals surface area (Å²) in [5.74, 6) is 0.587. The van der Waals surface area contributed by atoms with Gasteiger partial charge in [-0.25, -0.2) is 0 Å². The fraction of sp³-hybridized carbons (Fsp3) is 0.455. The minimum atomic E-state index is 0.0641. The van der Waals surface area contributed by atoms with Gasteiger partial charge in [0.15, 0.2) is 0 Å². The minimum Gasteiger partial charge on any atom is -0.406 e. The lowest BCUT2D eigenvalue weighted by Crippen LogP contribution is -2.17. The zero-order valence-electron chi connectivity index (χ0n) is 10.2. The van der Waals surface area contributed by atoms with E-state index in [2.05, 4.69) is 20.8 Å². The monoisotopic (exact) mass is 286 g/mol. The molecular weight excluding hydrogens is 272 g/mol. The van der Waals surface area contributed by atoms with Crippen LogP contribution in [0.5, 0.6) is 0 Å². The van der Waals surface area contributed by atoms with Gasteiger partial charge < -0.3 is 15.1 Å². The number of nitrogens with zero attached hydrogens (tertiary/aromatic N) is 2. The van der Waals surface area contributed by atoms with Crippen LogP contribution in [0.25, 0.3) is 0 Å². The summed E-state index contributed by atoms with van der Waals surface area (Å²) in [5.41, 5.74) is 0. The number of thiophene rings is 1. The third kappa shape index (κ3) is 3.44. The number of anilines is 1. The molecule has 0 fully saturated rings. The van der Waals surface area contributed by atoms with E-state index in [0.29, 0.717) is 18.5 Å². The van der Waals surface area contributed by atoms with Gasteiger partial charge in [0, 0.05) is 4.88 Å². The summed E-state index contributed by atoms with van der Waals surface area (Å²) in [6.45, 7) is 5.51. The summed E-state index contributed by atoms with van der Waals surface area (Å²) in [4.78, 5) is 1.12. The van der Waals surface area contributed by atoms with Crippen LogP contribution < -0.4 is 10.6 Å². The predicted molar refractivity (Wildman–Crippen MR) is 73.0 cm³/mol. The molecule has 0 aliphatic carbocycles. The second-order valence-corrected chi connectivity index (χ2v) is 5.58. The molecule has 1 unspecified atom stereocenters. The molecule has 2 N–H and O–H groups in total. The van der Waals surface area contributed by atoms with Gasteiger partial charge >= 0.3 is 6.01 Å². The zero-order valence-corrected chi connectivity index (χ0v) is 11.8. The Labute approximate surface area is 115 Å². The van der Waals surface area contributed by atoms with Crippen LogP contribution in [-0.2, 0) is 6.54 Å². The number of hydrogen-bond donors (Lipinski definition) is 2. The maximum atomic E-state index is 5.85. The molecule has 5 nitrogen and oxygen atoms in total. The molecule has 0 spiro atoms. The summed E-state index contributed by atoms with van der Waals surface area (Å²) in [7, 11) is 0. The van der Waals surface area contributed by atoms with Crippen LogP contribution >= 0.6 is 22.9 Å². The highest BCUT2D eigenvalue weighted by Gasteiger charge is 2.12. The first kappa shape index (κ1) is 13.3. The van der Waals surface area contributed by atoms with Crippen molar-refractivity contribution in [2.45, 2.75) is 26.4 Å². The maximum absolute atomic E-state index is 5.85. The minimum absolute atomic E-state index is 0.0641. The molecule has 7 heteroatoms. The molecule has 0 aliphatic heterocycles. The zero-order chi connectivity index (χ0) is 13.0. The van der Waals surface area contributed by atoms with E-state index in [1.54, 1.807) is 0 Å². The Balaban J connectivity index is 1.90. The lowest BCUT2D eigenvalue weighted by atomic mass is 10.3. The van der Waals surface area contributed by atoms with Gasteiger partial charge in [-0.05, 0) is 25.6 Å². The van der Waals surface area contributed by atoms with Gasteiger partial charge in [-0.2, -0.15) is 0 Å². The molecule has 2 aromatic heterocycles. The Hall–Kier alpha value is -1.11. The predicted octanol–water partition coefficient (Wildman–Crippen LogP) is 3.07. The summed E-state index contributed by atoms with van der Waals surface area (Å²) in [6, 6.07) is 4.34. The van der Waals surface area contributed by atoms with E-state index in [4.69, 9.17) is 16.0 Å². The number of aromatic nitrogens is 2. The molecule has 0 amide bonds. The first-order chi connectivity index (χ1) is 8.69. The smallest absolute Gasteiger partial charge is 0.315 e. The summed E-state index contributed by atoms with van der Waals surface area (Å²) < 4.78 is 6.28. The molecule has 0 radical (unpaired) electrons. The van der Waals surface area contributed by atoms with Crippen LogP contribution in [0.4, 0.5) is 6.01 Å². The van der Waals surface area contributed by atoms with Gasteiger partial charge in [0.1, 0.15) is 0 Å². The Morgan fingerprint density at radius 3 is 2.94 bits per heavy atom.